The van der Waals surface area contributed by atoms with Crippen LogP contribution in [0.5, 0.6) is 0 Å². The van der Waals surface area contributed by atoms with Crippen molar-refractivity contribution in [2.45, 2.75) is 66.2 Å². The maximum Gasteiger partial charge on any atom is 0.328 e. The standard InChI is InChI=1S/C21H32O2/c1-16(2)7-5-8-17(3)9-6-10-19-11-13-20(14-12-19)18(4)15-21(22)23/h11-17H,5-10H2,1-4H3,(H,22,23). The zero-order valence-electron chi connectivity index (χ0n) is 15.1. The lowest BCUT2D eigenvalue weighted by Crippen LogP contribution is -1.98. The van der Waals surface area contributed by atoms with Gasteiger partial charge in [0.1, 0.15) is 0 Å². The number of aryl methyl sites for hydroxylation is 1. The summed E-state index contributed by atoms with van der Waals surface area (Å²) in [6.45, 7) is 8.79. The Morgan fingerprint density at radius 3 is 2.22 bits per heavy atom. The molecule has 1 rings (SSSR count). The molecule has 2 nitrogen and oxygen atoms in total. The van der Waals surface area contributed by atoms with Gasteiger partial charge >= 0.3 is 5.97 Å². The summed E-state index contributed by atoms with van der Waals surface area (Å²) in [7, 11) is 0. The van der Waals surface area contributed by atoms with Crippen LogP contribution in [0.1, 0.15) is 70.9 Å². The van der Waals surface area contributed by atoms with Gasteiger partial charge in [0, 0.05) is 6.08 Å². The third-order valence-electron chi connectivity index (χ3n) is 4.39. The number of benzene rings is 1. The van der Waals surface area contributed by atoms with Crippen molar-refractivity contribution in [2.75, 3.05) is 0 Å². The van der Waals surface area contributed by atoms with Crippen LogP contribution in [-0.4, -0.2) is 11.1 Å². The Bertz CT molecular complexity index is 497. The first-order valence-corrected chi connectivity index (χ1v) is 8.89. The number of carboxylic acids is 1. The van der Waals surface area contributed by atoms with E-state index in [4.69, 9.17) is 5.11 Å². The molecule has 128 valence electrons. The molecular formula is C21H32O2. The molecule has 1 N–H and O–H groups in total. The van der Waals surface area contributed by atoms with Gasteiger partial charge in [-0.25, -0.2) is 4.79 Å². The first kappa shape index (κ1) is 19.5. The molecule has 0 aromatic heterocycles. The number of rotatable bonds is 10. The average Bonchev–Trinajstić information content (AvgIpc) is 2.46. The van der Waals surface area contributed by atoms with E-state index in [1.807, 2.05) is 19.1 Å². The zero-order chi connectivity index (χ0) is 17.2. The number of carbonyl (C=O) groups is 1. The lowest BCUT2D eigenvalue weighted by atomic mass is 9.94. The Kier molecular flexibility index (Phi) is 8.68. The van der Waals surface area contributed by atoms with Gasteiger partial charge in [0.05, 0.1) is 0 Å². The van der Waals surface area contributed by atoms with Gasteiger partial charge in [-0.2, -0.15) is 0 Å². The molecule has 0 radical (unpaired) electrons. The van der Waals surface area contributed by atoms with Crippen molar-refractivity contribution in [3.63, 3.8) is 0 Å². The summed E-state index contributed by atoms with van der Waals surface area (Å²) in [6.07, 6.45) is 8.92. The monoisotopic (exact) mass is 316 g/mol. The normalized spacial score (nSPS) is 13.3. The van der Waals surface area contributed by atoms with E-state index in [2.05, 4.69) is 32.9 Å². The Balaban J connectivity index is 2.34. The predicted octanol–water partition coefficient (Wildman–Crippen LogP) is 5.96. The lowest BCUT2D eigenvalue weighted by Gasteiger charge is -2.12. The molecule has 0 amide bonds. The molecule has 1 aromatic rings. The summed E-state index contributed by atoms with van der Waals surface area (Å²) in [5.41, 5.74) is 3.12. The van der Waals surface area contributed by atoms with Crippen molar-refractivity contribution in [2.24, 2.45) is 11.8 Å². The molecule has 0 bridgehead atoms. The molecule has 0 aliphatic rings. The van der Waals surface area contributed by atoms with Crippen LogP contribution in [0.25, 0.3) is 5.57 Å². The summed E-state index contributed by atoms with van der Waals surface area (Å²) in [5.74, 6) is 0.742. The molecule has 0 aliphatic heterocycles. The minimum atomic E-state index is -0.891. The van der Waals surface area contributed by atoms with Crippen LogP contribution in [0.4, 0.5) is 0 Å². The molecule has 0 heterocycles. The van der Waals surface area contributed by atoms with Crippen molar-refractivity contribution in [3.05, 3.63) is 41.5 Å². The van der Waals surface area contributed by atoms with Crippen LogP contribution in [0.3, 0.4) is 0 Å². The van der Waals surface area contributed by atoms with E-state index in [-0.39, 0.29) is 0 Å². The molecule has 2 heteroatoms. The van der Waals surface area contributed by atoms with E-state index in [0.717, 1.165) is 29.4 Å². The molecule has 0 saturated carbocycles. The summed E-state index contributed by atoms with van der Waals surface area (Å²) in [6, 6.07) is 8.29. The molecule has 1 atom stereocenters. The van der Waals surface area contributed by atoms with Crippen LogP contribution in [0.15, 0.2) is 30.3 Å². The topological polar surface area (TPSA) is 37.3 Å². The van der Waals surface area contributed by atoms with E-state index in [1.54, 1.807) is 0 Å². The fourth-order valence-corrected chi connectivity index (χ4v) is 2.88. The van der Waals surface area contributed by atoms with Crippen molar-refractivity contribution >= 4 is 11.5 Å². The van der Waals surface area contributed by atoms with Crippen molar-refractivity contribution in [1.82, 2.24) is 0 Å². The fraction of sp³-hybridized carbons (Fsp3) is 0.571. The largest absolute Gasteiger partial charge is 0.478 e. The highest BCUT2D eigenvalue weighted by molar-refractivity contribution is 5.89. The average molecular weight is 316 g/mol. The Labute approximate surface area is 141 Å². The number of hydrogen-bond acceptors (Lipinski definition) is 1. The van der Waals surface area contributed by atoms with Gasteiger partial charge in [-0.3, -0.25) is 0 Å². The van der Waals surface area contributed by atoms with E-state index in [1.165, 1.54) is 43.7 Å². The van der Waals surface area contributed by atoms with Gasteiger partial charge in [0.2, 0.25) is 0 Å². The highest BCUT2D eigenvalue weighted by atomic mass is 16.4. The minimum absolute atomic E-state index is 0.794. The van der Waals surface area contributed by atoms with Gasteiger partial charge in [-0.1, -0.05) is 70.7 Å². The highest BCUT2D eigenvalue weighted by Crippen LogP contribution is 2.19. The Hall–Kier alpha value is -1.57. The Morgan fingerprint density at radius 2 is 1.65 bits per heavy atom. The van der Waals surface area contributed by atoms with E-state index in [0.29, 0.717) is 0 Å². The molecule has 0 aliphatic carbocycles. The number of carboxylic acid groups (broad SMARTS) is 1. The first-order chi connectivity index (χ1) is 10.9. The van der Waals surface area contributed by atoms with Crippen LogP contribution in [-0.2, 0) is 11.2 Å². The zero-order valence-corrected chi connectivity index (χ0v) is 15.1. The van der Waals surface area contributed by atoms with Crippen LogP contribution < -0.4 is 0 Å². The van der Waals surface area contributed by atoms with Crippen molar-refractivity contribution in [3.8, 4) is 0 Å². The maximum atomic E-state index is 10.7. The van der Waals surface area contributed by atoms with Crippen LogP contribution in [0.2, 0.25) is 0 Å². The SMILES string of the molecule is CC(=CC(=O)O)c1ccc(CCCC(C)CCCC(C)C)cc1. The van der Waals surface area contributed by atoms with Crippen molar-refractivity contribution < 1.29 is 9.90 Å². The third kappa shape index (κ3) is 8.59. The first-order valence-electron chi connectivity index (χ1n) is 8.89. The second-order valence-corrected chi connectivity index (χ2v) is 7.18. The summed E-state index contributed by atoms with van der Waals surface area (Å²) in [5, 5.41) is 8.78. The highest BCUT2D eigenvalue weighted by Gasteiger charge is 2.04. The van der Waals surface area contributed by atoms with Gasteiger partial charge in [-0.05, 0) is 48.3 Å². The molecule has 0 spiro atoms. The minimum Gasteiger partial charge on any atom is -0.478 e. The second-order valence-electron chi connectivity index (χ2n) is 7.18. The van der Waals surface area contributed by atoms with E-state index >= 15 is 0 Å². The molecular weight excluding hydrogens is 284 g/mol. The van der Waals surface area contributed by atoms with E-state index < -0.39 is 5.97 Å². The molecule has 23 heavy (non-hydrogen) atoms. The maximum absolute atomic E-state index is 10.7. The quantitative estimate of drug-likeness (QED) is 0.541. The van der Waals surface area contributed by atoms with Crippen LogP contribution in [0, 0.1) is 11.8 Å². The number of hydrogen-bond donors (Lipinski definition) is 1. The van der Waals surface area contributed by atoms with Gasteiger partial charge < -0.3 is 5.11 Å². The summed E-state index contributed by atoms with van der Waals surface area (Å²) < 4.78 is 0. The lowest BCUT2D eigenvalue weighted by molar-refractivity contribution is -0.131. The fourth-order valence-electron chi connectivity index (χ4n) is 2.88. The second kappa shape index (κ2) is 10.3. The number of allylic oxidation sites excluding steroid dienone is 1. The number of aliphatic carboxylic acids is 1. The molecule has 0 saturated heterocycles. The predicted molar refractivity (Wildman–Crippen MR) is 98.5 cm³/mol. The van der Waals surface area contributed by atoms with E-state index in [9.17, 15) is 4.79 Å². The van der Waals surface area contributed by atoms with Gasteiger partial charge in [-0.15, -0.1) is 0 Å². The third-order valence-corrected chi connectivity index (χ3v) is 4.39. The smallest absolute Gasteiger partial charge is 0.328 e. The summed E-state index contributed by atoms with van der Waals surface area (Å²) >= 11 is 0. The Morgan fingerprint density at radius 1 is 1.04 bits per heavy atom. The molecule has 1 unspecified atom stereocenters. The van der Waals surface area contributed by atoms with Crippen LogP contribution >= 0.6 is 0 Å². The van der Waals surface area contributed by atoms with Crippen molar-refractivity contribution in [1.29, 1.82) is 0 Å². The van der Waals surface area contributed by atoms with Gasteiger partial charge in [0.25, 0.3) is 0 Å². The molecule has 1 aromatic carbocycles. The molecule has 0 fully saturated rings. The summed E-state index contributed by atoms with van der Waals surface area (Å²) in [4.78, 5) is 10.7. The van der Waals surface area contributed by atoms with Gasteiger partial charge in [0.15, 0.2) is 0 Å².